The lowest BCUT2D eigenvalue weighted by atomic mass is 9.93. The number of hydrogen-bond acceptors (Lipinski definition) is 3. The van der Waals surface area contributed by atoms with Crippen LogP contribution in [0.4, 0.5) is 5.88 Å². The first-order valence-electron chi connectivity index (χ1n) is 6.74. The van der Waals surface area contributed by atoms with Gasteiger partial charge in [0.2, 0.25) is 5.88 Å². The molecule has 1 aromatic carbocycles. The molecule has 4 rings (SSSR count). The Morgan fingerprint density at radius 2 is 1.89 bits per heavy atom. The Kier molecular flexibility index (Phi) is 2.39. The maximum Gasteiger partial charge on any atom is 0.230 e. The first-order valence-corrected chi connectivity index (χ1v) is 7.11. The second kappa shape index (κ2) is 4.01. The fourth-order valence-corrected chi connectivity index (χ4v) is 3.70. The third-order valence-electron chi connectivity index (χ3n) is 4.52. The average molecular weight is 275 g/mol. The van der Waals surface area contributed by atoms with Crippen LogP contribution < -0.4 is 5.73 Å². The molecule has 0 saturated heterocycles. The zero-order valence-electron chi connectivity index (χ0n) is 10.5. The van der Waals surface area contributed by atoms with Gasteiger partial charge in [-0.1, -0.05) is 35.0 Å². The second-order valence-corrected chi connectivity index (χ2v) is 6.12. The van der Waals surface area contributed by atoms with Crippen LogP contribution in [0.3, 0.4) is 0 Å². The molecular formula is C15H15ClN2O. The Morgan fingerprint density at radius 3 is 2.63 bits per heavy atom. The molecule has 2 aliphatic rings. The minimum Gasteiger partial charge on any atom is -0.367 e. The van der Waals surface area contributed by atoms with Gasteiger partial charge in [0.1, 0.15) is 0 Å². The lowest BCUT2D eigenvalue weighted by Crippen LogP contribution is -1.99. The van der Waals surface area contributed by atoms with Crippen molar-refractivity contribution < 1.29 is 4.52 Å². The Balaban J connectivity index is 1.79. The summed E-state index contributed by atoms with van der Waals surface area (Å²) in [6.07, 6.45) is 3.83. The SMILES string of the molecule is Nc1onc(C2CC3CC3C2)c1-c1ccccc1Cl. The summed E-state index contributed by atoms with van der Waals surface area (Å²) in [5, 5.41) is 4.91. The number of nitrogen functional groups attached to an aromatic ring is 1. The van der Waals surface area contributed by atoms with Crippen molar-refractivity contribution >= 4 is 17.5 Å². The Bertz CT molecular complexity index is 627. The van der Waals surface area contributed by atoms with Gasteiger partial charge >= 0.3 is 0 Å². The quantitative estimate of drug-likeness (QED) is 0.897. The fraction of sp³-hybridized carbons (Fsp3) is 0.400. The molecule has 0 spiro atoms. The molecule has 2 atom stereocenters. The van der Waals surface area contributed by atoms with E-state index >= 15 is 0 Å². The van der Waals surface area contributed by atoms with Gasteiger partial charge in [-0.3, -0.25) is 0 Å². The van der Waals surface area contributed by atoms with Gasteiger partial charge in [-0.2, -0.15) is 0 Å². The number of nitrogens with two attached hydrogens (primary N) is 1. The number of nitrogens with zero attached hydrogens (tertiary/aromatic N) is 1. The van der Waals surface area contributed by atoms with Gasteiger partial charge in [0, 0.05) is 16.5 Å². The van der Waals surface area contributed by atoms with Crippen LogP contribution in [0.25, 0.3) is 11.1 Å². The van der Waals surface area contributed by atoms with Gasteiger partial charge in [0.25, 0.3) is 0 Å². The van der Waals surface area contributed by atoms with Gasteiger partial charge < -0.3 is 10.3 Å². The summed E-state index contributed by atoms with van der Waals surface area (Å²) in [7, 11) is 0. The number of anilines is 1. The average Bonchev–Trinajstić information content (AvgIpc) is 2.84. The van der Waals surface area contributed by atoms with Crippen molar-refractivity contribution in [3.8, 4) is 11.1 Å². The molecule has 0 radical (unpaired) electrons. The van der Waals surface area contributed by atoms with Crippen molar-refractivity contribution in [1.82, 2.24) is 5.16 Å². The Morgan fingerprint density at radius 1 is 1.16 bits per heavy atom. The van der Waals surface area contributed by atoms with E-state index in [-0.39, 0.29) is 0 Å². The lowest BCUT2D eigenvalue weighted by Gasteiger charge is -2.11. The summed E-state index contributed by atoms with van der Waals surface area (Å²) >= 11 is 6.28. The minimum atomic E-state index is 0.378. The molecule has 4 heteroatoms. The van der Waals surface area contributed by atoms with E-state index in [1.165, 1.54) is 19.3 Å². The van der Waals surface area contributed by atoms with Crippen molar-refractivity contribution in [2.45, 2.75) is 25.2 Å². The highest BCUT2D eigenvalue weighted by Crippen LogP contribution is 2.58. The standard InChI is InChI=1S/C15H15ClN2O/c16-12-4-2-1-3-11(12)13-14(18-19-15(13)17)10-6-8-5-9(8)7-10/h1-4,8-10H,5-7,17H2. The number of halogens is 1. The summed E-state index contributed by atoms with van der Waals surface area (Å²) in [6.45, 7) is 0. The number of fused-ring (bicyclic) bond motifs is 1. The highest BCUT2D eigenvalue weighted by molar-refractivity contribution is 6.33. The fourth-order valence-electron chi connectivity index (χ4n) is 3.47. The van der Waals surface area contributed by atoms with Crippen LogP contribution in [0, 0.1) is 11.8 Å². The van der Waals surface area contributed by atoms with Gasteiger partial charge in [-0.05, 0) is 37.2 Å². The predicted octanol–water partition coefficient (Wildman–Crippen LogP) is 4.09. The molecule has 1 heterocycles. The molecule has 2 aliphatic carbocycles. The zero-order chi connectivity index (χ0) is 13.0. The maximum atomic E-state index is 6.28. The maximum absolute atomic E-state index is 6.28. The monoisotopic (exact) mass is 274 g/mol. The molecule has 0 aliphatic heterocycles. The van der Waals surface area contributed by atoms with Crippen molar-refractivity contribution in [2.75, 3.05) is 5.73 Å². The number of benzene rings is 1. The molecule has 0 bridgehead atoms. The molecular weight excluding hydrogens is 260 g/mol. The van der Waals surface area contributed by atoms with Crippen molar-refractivity contribution in [3.63, 3.8) is 0 Å². The van der Waals surface area contributed by atoms with Gasteiger partial charge in [0.05, 0.1) is 11.3 Å². The van der Waals surface area contributed by atoms with Crippen molar-refractivity contribution in [1.29, 1.82) is 0 Å². The summed E-state index contributed by atoms with van der Waals surface area (Å²) in [5.41, 5.74) is 8.79. The molecule has 2 aromatic rings. The number of hydrogen-bond donors (Lipinski definition) is 1. The number of aromatic nitrogens is 1. The highest BCUT2D eigenvalue weighted by Gasteiger charge is 2.47. The van der Waals surface area contributed by atoms with Crippen molar-refractivity contribution in [2.24, 2.45) is 11.8 Å². The van der Waals surface area contributed by atoms with Gasteiger partial charge in [-0.25, -0.2) is 0 Å². The van der Waals surface area contributed by atoms with Crippen LogP contribution in [0.15, 0.2) is 28.8 Å². The summed E-state index contributed by atoms with van der Waals surface area (Å²) < 4.78 is 5.24. The third-order valence-corrected chi connectivity index (χ3v) is 4.85. The van der Waals surface area contributed by atoms with Gasteiger partial charge in [0.15, 0.2) is 0 Å². The molecule has 98 valence electrons. The predicted molar refractivity (Wildman–Crippen MR) is 74.9 cm³/mol. The molecule has 19 heavy (non-hydrogen) atoms. The molecule has 2 unspecified atom stereocenters. The molecule has 2 saturated carbocycles. The van der Waals surface area contributed by atoms with Crippen LogP contribution in [0.2, 0.25) is 5.02 Å². The van der Waals surface area contributed by atoms with E-state index in [1.807, 2.05) is 24.3 Å². The van der Waals surface area contributed by atoms with Gasteiger partial charge in [-0.15, -0.1) is 0 Å². The number of rotatable bonds is 2. The second-order valence-electron chi connectivity index (χ2n) is 5.71. The Labute approximate surface area is 116 Å². The summed E-state index contributed by atoms with van der Waals surface area (Å²) in [6, 6.07) is 7.73. The van der Waals surface area contributed by atoms with Crippen LogP contribution in [0.5, 0.6) is 0 Å². The van der Waals surface area contributed by atoms with E-state index in [0.29, 0.717) is 16.8 Å². The van der Waals surface area contributed by atoms with E-state index in [1.54, 1.807) is 0 Å². The van der Waals surface area contributed by atoms with Crippen molar-refractivity contribution in [3.05, 3.63) is 35.0 Å². The first kappa shape index (κ1) is 11.4. The minimum absolute atomic E-state index is 0.378. The zero-order valence-corrected chi connectivity index (χ0v) is 11.2. The first-order chi connectivity index (χ1) is 9.24. The summed E-state index contributed by atoms with van der Waals surface area (Å²) in [5.74, 6) is 2.67. The largest absolute Gasteiger partial charge is 0.367 e. The lowest BCUT2D eigenvalue weighted by molar-refractivity contribution is 0.416. The third kappa shape index (κ3) is 1.76. The molecule has 2 N–H and O–H groups in total. The van der Waals surface area contributed by atoms with E-state index in [0.717, 1.165) is 28.7 Å². The van der Waals surface area contributed by atoms with E-state index in [4.69, 9.17) is 21.9 Å². The Hall–Kier alpha value is -1.48. The van der Waals surface area contributed by atoms with Crippen LogP contribution in [-0.2, 0) is 0 Å². The van der Waals surface area contributed by atoms with E-state index in [2.05, 4.69) is 5.16 Å². The van der Waals surface area contributed by atoms with E-state index < -0.39 is 0 Å². The highest BCUT2D eigenvalue weighted by atomic mass is 35.5. The molecule has 2 fully saturated rings. The van der Waals surface area contributed by atoms with Crippen LogP contribution in [0.1, 0.15) is 30.9 Å². The smallest absolute Gasteiger partial charge is 0.230 e. The van der Waals surface area contributed by atoms with Crippen LogP contribution >= 0.6 is 11.6 Å². The van der Waals surface area contributed by atoms with Crippen LogP contribution in [-0.4, -0.2) is 5.16 Å². The molecule has 3 nitrogen and oxygen atoms in total. The normalized spacial score (nSPS) is 28.4. The summed E-state index contributed by atoms with van der Waals surface area (Å²) in [4.78, 5) is 0. The molecule has 1 aromatic heterocycles. The topological polar surface area (TPSA) is 52.0 Å². The molecule has 0 amide bonds. The van der Waals surface area contributed by atoms with E-state index in [9.17, 15) is 0 Å².